The summed E-state index contributed by atoms with van der Waals surface area (Å²) in [6, 6.07) is 22.9. The highest BCUT2D eigenvalue weighted by atomic mass is 32.2. The standard InChI is InChI=1S/C23H18N2O3S2/c1-16(26)17-9-13-21(14-10-17)30(27,28)25-20-11-7-18(8-12-20)22-15-29-23(24-22)19-5-3-2-4-6-19/h2-15,25H,1H3. The van der Waals surface area contributed by atoms with Crippen LogP contribution in [0, 0.1) is 0 Å². The van der Waals surface area contributed by atoms with E-state index in [1.54, 1.807) is 23.5 Å². The lowest BCUT2D eigenvalue weighted by atomic mass is 10.1. The van der Waals surface area contributed by atoms with Crippen molar-refractivity contribution in [2.45, 2.75) is 11.8 Å². The Balaban J connectivity index is 1.51. The summed E-state index contributed by atoms with van der Waals surface area (Å²) in [6.07, 6.45) is 0. The fourth-order valence-corrected chi connectivity index (χ4v) is 4.81. The lowest BCUT2D eigenvalue weighted by Crippen LogP contribution is -2.13. The molecule has 150 valence electrons. The lowest BCUT2D eigenvalue weighted by Gasteiger charge is -2.09. The highest BCUT2D eigenvalue weighted by molar-refractivity contribution is 7.92. The summed E-state index contributed by atoms with van der Waals surface area (Å²) in [4.78, 5) is 16.1. The number of thiazole rings is 1. The molecule has 30 heavy (non-hydrogen) atoms. The van der Waals surface area contributed by atoms with Crippen molar-refractivity contribution < 1.29 is 13.2 Å². The van der Waals surface area contributed by atoms with Crippen molar-refractivity contribution in [3.63, 3.8) is 0 Å². The third kappa shape index (κ3) is 4.32. The molecule has 0 aliphatic rings. The minimum atomic E-state index is -3.74. The van der Waals surface area contributed by atoms with Crippen LogP contribution in [0.1, 0.15) is 17.3 Å². The number of rotatable bonds is 6. The Labute approximate surface area is 179 Å². The molecule has 0 spiro atoms. The summed E-state index contributed by atoms with van der Waals surface area (Å²) >= 11 is 1.57. The maximum absolute atomic E-state index is 12.6. The van der Waals surface area contributed by atoms with Crippen molar-refractivity contribution in [3.05, 3.63) is 89.8 Å². The molecular weight excluding hydrogens is 416 g/mol. The molecule has 0 fully saturated rings. The van der Waals surface area contributed by atoms with Gasteiger partial charge in [-0.05, 0) is 31.2 Å². The third-order valence-electron chi connectivity index (χ3n) is 4.53. The molecular formula is C23H18N2O3S2. The number of hydrogen-bond acceptors (Lipinski definition) is 5. The molecule has 1 N–H and O–H groups in total. The van der Waals surface area contributed by atoms with Crippen LogP contribution in [0.4, 0.5) is 5.69 Å². The average molecular weight is 435 g/mol. The van der Waals surface area contributed by atoms with Crippen LogP contribution >= 0.6 is 11.3 Å². The number of benzene rings is 3. The number of anilines is 1. The zero-order valence-corrected chi connectivity index (χ0v) is 17.7. The predicted molar refractivity (Wildman–Crippen MR) is 120 cm³/mol. The zero-order valence-electron chi connectivity index (χ0n) is 16.1. The van der Waals surface area contributed by atoms with Gasteiger partial charge >= 0.3 is 0 Å². The molecule has 0 saturated heterocycles. The Bertz CT molecular complexity index is 1280. The van der Waals surface area contributed by atoms with E-state index in [1.165, 1.54) is 31.2 Å². The second kappa shape index (κ2) is 8.22. The van der Waals surface area contributed by atoms with E-state index in [0.29, 0.717) is 11.3 Å². The number of sulfonamides is 1. The van der Waals surface area contributed by atoms with E-state index >= 15 is 0 Å². The minimum absolute atomic E-state index is 0.101. The number of carbonyl (C=O) groups is 1. The molecule has 3 aromatic carbocycles. The van der Waals surface area contributed by atoms with Crippen molar-refractivity contribution in [3.8, 4) is 21.8 Å². The van der Waals surface area contributed by atoms with Gasteiger partial charge in [0.15, 0.2) is 5.78 Å². The van der Waals surface area contributed by atoms with Crippen molar-refractivity contribution >= 4 is 32.8 Å². The van der Waals surface area contributed by atoms with Gasteiger partial charge in [0, 0.05) is 27.8 Å². The van der Waals surface area contributed by atoms with E-state index in [2.05, 4.69) is 9.71 Å². The van der Waals surface area contributed by atoms with E-state index in [-0.39, 0.29) is 10.7 Å². The SMILES string of the molecule is CC(=O)c1ccc(S(=O)(=O)Nc2ccc(-c3csc(-c4ccccc4)n3)cc2)cc1. The van der Waals surface area contributed by atoms with Crippen molar-refractivity contribution in [2.75, 3.05) is 4.72 Å². The summed E-state index contributed by atoms with van der Waals surface area (Å²) in [5.74, 6) is -0.111. The van der Waals surface area contributed by atoms with Gasteiger partial charge in [0.2, 0.25) is 0 Å². The molecule has 0 bridgehead atoms. The van der Waals surface area contributed by atoms with Gasteiger partial charge in [-0.1, -0.05) is 54.6 Å². The largest absolute Gasteiger partial charge is 0.295 e. The first kappa shape index (κ1) is 20.0. The molecule has 5 nitrogen and oxygen atoms in total. The Hall–Kier alpha value is -3.29. The summed E-state index contributed by atoms with van der Waals surface area (Å²) in [5.41, 5.74) is 3.73. The third-order valence-corrected chi connectivity index (χ3v) is 6.82. The number of ketones is 1. The Morgan fingerprint density at radius 1 is 0.867 bits per heavy atom. The molecule has 4 rings (SSSR count). The maximum atomic E-state index is 12.6. The number of carbonyl (C=O) groups excluding carboxylic acids is 1. The van der Waals surface area contributed by atoms with Crippen LogP contribution in [0.15, 0.2) is 89.1 Å². The monoisotopic (exact) mass is 434 g/mol. The van der Waals surface area contributed by atoms with Crippen LogP contribution in [0.2, 0.25) is 0 Å². The Morgan fingerprint density at radius 2 is 1.53 bits per heavy atom. The van der Waals surface area contributed by atoms with Gasteiger partial charge in [0.05, 0.1) is 10.6 Å². The summed E-state index contributed by atoms with van der Waals surface area (Å²) < 4.78 is 27.7. The van der Waals surface area contributed by atoms with E-state index in [1.807, 2.05) is 47.8 Å². The van der Waals surface area contributed by atoms with Crippen molar-refractivity contribution in [2.24, 2.45) is 0 Å². The maximum Gasteiger partial charge on any atom is 0.261 e. The van der Waals surface area contributed by atoms with E-state index in [9.17, 15) is 13.2 Å². The molecule has 1 aromatic heterocycles. The molecule has 0 amide bonds. The Morgan fingerprint density at radius 3 is 2.17 bits per heavy atom. The van der Waals surface area contributed by atoms with Crippen LogP contribution in [0.25, 0.3) is 21.8 Å². The fourth-order valence-electron chi connectivity index (χ4n) is 2.91. The molecule has 0 unspecified atom stereocenters. The van der Waals surface area contributed by atoms with Crippen molar-refractivity contribution in [1.82, 2.24) is 4.98 Å². The van der Waals surface area contributed by atoms with Gasteiger partial charge < -0.3 is 0 Å². The molecule has 1 heterocycles. The van der Waals surface area contributed by atoms with E-state index in [4.69, 9.17) is 0 Å². The van der Waals surface area contributed by atoms with Crippen LogP contribution in [-0.2, 0) is 10.0 Å². The number of hydrogen-bond donors (Lipinski definition) is 1. The molecule has 0 aliphatic heterocycles. The molecule has 4 aromatic rings. The minimum Gasteiger partial charge on any atom is -0.295 e. The highest BCUT2D eigenvalue weighted by Crippen LogP contribution is 2.29. The van der Waals surface area contributed by atoms with E-state index < -0.39 is 10.0 Å². The smallest absolute Gasteiger partial charge is 0.261 e. The second-order valence-electron chi connectivity index (χ2n) is 6.67. The molecule has 0 radical (unpaired) electrons. The van der Waals surface area contributed by atoms with Gasteiger partial charge in [-0.3, -0.25) is 9.52 Å². The summed E-state index contributed by atoms with van der Waals surface area (Å²) in [6.45, 7) is 1.44. The van der Waals surface area contributed by atoms with Crippen LogP contribution in [-0.4, -0.2) is 19.2 Å². The number of Topliss-reactive ketones (excluding diaryl/α,β-unsaturated/α-hetero) is 1. The van der Waals surface area contributed by atoms with Crippen molar-refractivity contribution in [1.29, 1.82) is 0 Å². The molecule has 0 atom stereocenters. The average Bonchev–Trinajstić information content (AvgIpc) is 3.25. The van der Waals surface area contributed by atoms with Crippen LogP contribution in [0.5, 0.6) is 0 Å². The lowest BCUT2D eigenvalue weighted by molar-refractivity contribution is 0.101. The van der Waals surface area contributed by atoms with Gasteiger partial charge in [0.1, 0.15) is 5.01 Å². The molecule has 0 aliphatic carbocycles. The van der Waals surface area contributed by atoms with Gasteiger partial charge in [-0.15, -0.1) is 11.3 Å². The first-order valence-corrected chi connectivity index (χ1v) is 11.5. The Kier molecular flexibility index (Phi) is 5.48. The zero-order chi connectivity index (χ0) is 21.1. The first-order valence-electron chi connectivity index (χ1n) is 9.17. The fraction of sp³-hybridized carbons (Fsp3) is 0.0435. The van der Waals surface area contributed by atoms with E-state index in [0.717, 1.165) is 21.8 Å². The summed E-state index contributed by atoms with van der Waals surface area (Å²) in [5, 5.41) is 2.92. The molecule has 7 heteroatoms. The van der Waals surface area contributed by atoms with Gasteiger partial charge in [0.25, 0.3) is 10.0 Å². The van der Waals surface area contributed by atoms with Gasteiger partial charge in [-0.2, -0.15) is 0 Å². The molecule has 0 saturated carbocycles. The first-order chi connectivity index (χ1) is 14.4. The quantitative estimate of drug-likeness (QED) is 0.408. The normalized spacial score (nSPS) is 11.2. The number of nitrogens with one attached hydrogen (secondary N) is 1. The topological polar surface area (TPSA) is 76.1 Å². The predicted octanol–water partition coefficient (Wildman–Crippen LogP) is 5.48. The van der Waals surface area contributed by atoms with Gasteiger partial charge in [-0.25, -0.2) is 13.4 Å². The summed E-state index contributed by atoms with van der Waals surface area (Å²) in [7, 11) is -3.74. The number of nitrogens with zero attached hydrogens (tertiary/aromatic N) is 1. The number of aromatic nitrogens is 1. The second-order valence-corrected chi connectivity index (χ2v) is 9.21. The van der Waals surface area contributed by atoms with Crippen LogP contribution in [0.3, 0.4) is 0 Å². The highest BCUT2D eigenvalue weighted by Gasteiger charge is 2.15. The van der Waals surface area contributed by atoms with Crippen LogP contribution < -0.4 is 4.72 Å².